The summed E-state index contributed by atoms with van der Waals surface area (Å²) in [5.74, 6) is -5.01. The summed E-state index contributed by atoms with van der Waals surface area (Å²) in [6.45, 7) is -17.1. The third-order valence-corrected chi connectivity index (χ3v) is 11.3. The van der Waals surface area contributed by atoms with Gasteiger partial charge in [-0.25, -0.2) is 4.98 Å². The molecule has 6 aromatic carbocycles. The molecule has 8 aromatic rings. The lowest BCUT2D eigenvalue weighted by atomic mass is 9.79. The molecule has 8 rings (SSSR count). The van der Waals surface area contributed by atoms with E-state index in [-0.39, 0.29) is 45.0 Å². The molecule has 0 spiro atoms. The predicted octanol–water partition coefficient (Wildman–Crippen LogP) is 16.9. The van der Waals surface area contributed by atoms with Crippen LogP contribution in [0.15, 0.2) is 133 Å². The maximum atomic E-state index is 13.1. The van der Waals surface area contributed by atoms with Crippen LogP contribution in [0.2, 0.25) is 0 Å². The van der Waals surface area contributed by atoms with Gasteiger partial charge in [-0.3, -0.25) is 9.55 Å². The van der Waals surface area contributed by atoms with Gasteiger partial charge in [-0.05, 0) is 139 Å². The number of aromatic hydroxyl groups is 1. The van der Waals surface area contributed by atoms with Gasteiger partial charge >= 0.3 is 0 Å². The zero-order valence-electron chi connectivity index (χ0n) is 67.9. The van der Waals surface area contributed by atoms with Crippen molar-refractivity contribution in [1.29, 1.82) is 0 Å². The number of fused-ring (bicyclic) bond motifs is 1. The zero-order valence-corrected chi connectivity index (χ0v) is 36.9. The molecule has 1 N–H and O–H groups in total. The van der Waals surface area contributed by atoms with Crippen molar-refractivity contribution in [1.82, 2.24) is 14.5 Å². The number of imidazole rings is 1. The Morgan fingerprint density at radius 3 is 1.98 bits per heavy atom. The van der Waals surface area contributed by atoms with Gasteiger partial charge in [0.15, 0.2) is 0 Å². The zero-order chi connectivity index (χ0) is 73.1. The Bertz CT molecular complexity index is 4290. The van der Waals surface area contributed by atoms with E-state index >= 15 is 0 Å². The first-order chi connectivity index (χ1) is 43.2. The van der Waals surface area contributed by atoms with Gasteiger partial charge in [0.2, 0.25) is 0 Å². The molecule has 0 saturated carbocycles. The van der Waals surface area contributed by atoms with Crippen LogP contribution in [-0.2, 0) is 16.2 Å². The van der Waals surface area contributed by atoms with Crippen LogP contribution in [0.5, 0.6) is 5.75 Å². The Labute approximate surface area is 432 Å². The molecule has 0 amide bonds. The number of phenolic OH excluding ortho intramolecular Hbond substituents is 1. The van der Waals surface area contributed by atoms with Crippen LogP contribution < -0.4 is 0 Å². The highest BCUT2D eigenvalue weighted by Gasteiger charge is 2.29. The number of para-hydroxylation sites is 1. The molecule has 0 aliphatic rings. The molecule has 2 heterocycles. The lowest BCUT2D eigenvalue weighted by molar-refractivity contribution is 0.446. The van der Waals surface area contributed by atoms with E-state index in [1.807, 2.05) is 0 Å². The lowest BCUT2D eigenvalue weighted by Gasteiger charge is -2.27. The summed E-state index contributed by atoms with van der Waals surface area (Å²) < 4.78 is 275. The first-order valence-electron chi connectivity index (χ1n) is 36.1. The average molecular weight is 889 g/mol. The molecule has 0 bridgehead atoms. The average Bonchev–Trinajstić information content (AvgIpc) is 1.00. The van der Waals surface area contributed by atoms with Crippen molar-refractivity contribution in [2.45, 2.75) is 124 Å². The number of rotatable bonds is 8. The van der Waals surface area contributed by atoms with Gasteiger partial charge < -0.3 is 5.11 Å². The van der Waals surface area contributed by atoms with Gasteiger partial charge in [-0.2, -0.15) is 0 Å². The summed E-state index contributed by atoms with van der Waals surface area (Å²) >= 11 is 0. The second-order valence-corrected chi connectivity index (χ2v) is 17.6. The second-order valence-electron chi connectivity index (χ2n) is 17.6. The number of nitrogens with zero attached hydrogens (tertiary/aromatic N) is 3. The van der Waals surface area contributed by atoms with E-state index in [0.29, 0.717) is 28.3 Å². The normalized spacial score (nSPS) is 21.1. The van der Waals surface area contributed by atoms with E-state index < -0.39 is 175 Å². The van der Waals surface area contributed by atoms with Crippen LogP contribution in [0.4, 0.5) is 0 Å². The molecule has 0 unspecified atom stereocenters. The first-order valence-corrected chi connectivity index (χ1v) is 20.6. The molecule has 4 heteroatoms. The summed E-state index contributed by atoms with van der Waals surface area (Å²) in [7, 11) is 0. The van der Waals surface area contributed by atoms with Crippen LogP contribution in [0.1, 0.15) is 177 Å². The summed E-state index contributed by atoms with van der Waals surface area (Å²) in [6.07, 6.45) is -0.777. The third-order valence-electron chi connectivity index (χ3n) is 11.3. The molecule has 4 nitrogen and oxygen atoms in total. The van der Waals surface area contributed by atoms with E-state index in [2.05, 4.69) is 4.98 Å². The minimum Gasteiger partial charge on any atom is -0.507 e. The fourth-order valence-corrected chi connectivity index (χ4v) is 7.65. The summed E-state index contributed by atoms with van der Waals surface area (Å²) in [6, 6.07) is 13.0. The molecular weight excluding hydrogens is 791 g/mol. The van der Waals surface area contributed by atoms with Crippen LogP contribution in [-0.4, -0.2) is 19.6 Å². The van der Waals surface area contributed by atoms with Gasteiger partial charge in [-0.1, -0.05) is 168 Å². The molecular formula is C61H67N3O. The van der Waals surface area contributed by atoms with Crippen LogP contribution in [0, 0.1) is 6.85 Å². The van der Waals surface area contributed by atoms with Crippen molar-refractivity contribution in [2.75, 3.05) is 0 Å². The number of hydrogen-bond donors (Lipinski definition) is 1. The van der Waals surface area contributed by atoms with Gasteiger partial charge in [0, 0.05) is 54.4 Å². The van der Waals surface area contributed by atoms with Crippen molar-refractivity contribution in [3.05, 3.63) is 167 Å². The maximum absolute atomic E-state index is 13.1. The van der Waals surface area contributed by atoms with Crippen LogP contribution >= 0.6 is 0 Å². The molecule has 0 radical (unpaired) electrons. The quantitative estimate of drug-likeness (QED) is 0.165. The topological polar surface area (TPSA) is 50.9 Å². The largest absolute Gasteiger partial charge is 0.507 e. The summed E-state index contributed by atoms with van der Waals surface area (Å²) in [5, 5.41) is 13.1. The number of aryl methyl sites for hydroxylation is 1. The van der Waals surface area contributed by atoms with E-state index in [4.69, 9.17) is 42.0 Å². The first kappa shape index (κ1) is 20.9. The number of aromatic nitrogens is 3. The highest BCUT2D eigenvalue weighted by Crippen LogP contribution is 2.45. The van der Waals surface area contributed by atoms with Gasteiger partial charge in [-0.15, -0.1) is 0 Å². The van der Waals surface area contributed by atoms with Gasteiger partial charge in [0.1, 0.15) is 11.6 Å². The molecule has 0 fully saturated rings. The number of benzene rings is 6. The predicted molar refractivity (Wildman–Crippen MR) is 277 cm³/mol. The van der Waals surface area contributed by atoms with E-state index in [9.17, 15) is 10.6 Å². The maximum Gasteiger partial charge on any atom is 0.149 e. The summed E-state index contributed by atoms with van der Waals surface area (Å²) in [5.41, 5.74) is -14.5. The van der Waals surface area contributed by atoms with Crippen molar-refractivity contribution in [2.24, 2.45) is 0 Å². The molecule has 65 heavy (non-hydrogen) atoms. The van der Waals surface area contributed by atoms with Crippen molar-refractivity contribution < 1.29 is 47.6 Å². The summed E-state index contributed by atoms with van der Waals surface area (Å²) in [4.78, 5) is 9.28. The highest BCUT2D eigenvalue weighted by molar-refractivity contribution is 5.97. The molecule has 0 saturated heterocycles. The highest BCUT2D eigenvalue weighted by atomic mass is 16.3. The SMILES string of the molecule is [2H]c1nc(-c2cc(-c3cccc4c3nc(-c3cc(C(C([2H])([2H])[2H])(C([2H])([2H])[2H])C([2H])([2H])[2H])cc(C(C([2H])([2H])[2H])(C([2H])([2H])[2H])C([2H])([2H])[2H])c3O)n4-c3ccc(-c4cc(C([2H])(C)C)cc(C([2H])(C)C)c4)cc3C([2H])([2H])[2H])cc(C(C)(C)C)c2)c([2H])c(-c2c([2H])c([2H])c([2H])c([2H])c2[2H])c1[2H]. The third kappa shape index (κ3) is 9.06. The van der Waals surface area contributed by atoms with Gasteiger partial charge in [0.05, 0.1) is 38.9 Å². The molecule has 2 aromatic heterocycles. The smallest absolute Gasteiger partial charge is 0.149 e. The van der Waals surface area contributed by atoms with Crippen molar-refractivity contribution in [3.8, 4) is 67.5 Å². The molecule has 0 aliphatic carbocycles. The van der Waals surface area contributed by atoms with Crippen molar-refractivity contribution in [3.63, 3.8) is 0 Å². The Morgan fingerprint density at radius 2 is 1.32 bits per heavy atom. The fourth-order valence-electron chi connectivity index (χ4n) is 7.65. The molecule has 0 atom stereocenters. The van der Waals surface area contributed by atoms with Crippen LogP contribution in [0.25, 0.3) is 72.7 Å². The van der Waals surface area contributed by atoms with Gasteiger partial charge in [0.25, 0.3) is 0 Å². The lowest BCUT2D eigenvalue weighted by Crippen LogP contribution is -2.17. The Hall–Kier alpha value is -6.26. The second kappa shape index (κ2) is 16.9. The Balaban J connectivity index is 1.65. The number of hydrogen-bond acceptors (Lipinski definition) is 3. The molecule has 0 aliphatic heterocycles. The van der Waals surface area contributed by atoms with Crippen LogP contribution in [0.3, 0.4) is 0 Å². The minimum absolute atomic E-state index is 0.0250. The Kier molecular flexibility index (Phi) is 5.45. The molecule has 332 valence electrons. The fraction of sp³-hybridized carbons (Fsp3) is 0.311. The van der Waals surface area contributed by atoms with E-state index in [0.717, 1.165) is 4.57 Å². The minimum atomic E-state index is -4.36. The van der Waals surface area contributed by atoms with E-state index in [1.165, 1.54) is 42.5 Å². The van der Waals surface area contributed by atoms with Crippen molar-refractivity contribution >= 4 is 11.0 Å². The number of pyridine rings is 1. The Morgan fingerprint density at radius 1 is 0.631 bits per heavy atom. The number of phenols is 1. The van der Waals surface area contributed by atoms with E-state index in [1.54, 1.807) is 78.8 Å². The standard InChI is InChI=1S/C61H67N3O/c1-37(2)43-28-44(38(3)4)30-45(29-43)41-23-24-54(39(5)27-41)64-55-22-18-21-50(56(55)63-58(64)51-35-49(60(9,10)11)36-52(57(51)65)61(12,13)14)46-31-47(33-48(32-46)59(6,7)8)53-34-42(25-26-62-53)40-19-16-15-17-20-40/h15-38,65H,1-14H3/i5D3,9D3,10D3,11D3,12D3,13D3,14D3,15D,16D,17D,19D,20D,25D,26D,34D,37D,38D. The monoisotopic (exact) mass is 889 g/mol.